The third-order valence-electron chi connectivity index (χ3n) is 2.70. The van der Waals surface area contributed by atoms with Crippen LogP contribution in [0.5, 0.6) is 0 Å². The lowest BCUT2D eigenvalue weighted by atomic mass is 10.2. The second-order valence-electron chi connectivity index (χ2n) is 4.77. The van der Waals surface area contributed by atoms with Gasteiger partial charge < -0.3 is 26.4 Å². The first kappa shape index (κ1) is 23.9. The van der Waals surface area contributed by atoms with Crippen LogP contribution in [0.15, 0.2) is 60.7 Å². The largest absolute Gasteiger partial charge is 0.478 e. The van der Waals surface area contributed by atoms with Crippen molar-refractivity contribution in [3.05, 3.63) is 71.8 Å². The van der Waals surface area contributed by atoms with E-state index < -0.39 is 24.1 Å². The molecule has 0 saturated heterocycles. The molecule has 0 aliphatic heterocycles. The van der Waals surface area contributed by atoms with Crippen LogP contribution >= 0.6 is 0 Å². The number of carbonyl (C=O) groups is 5. The molecule has 2 amide bonds. The number of aliphatic hydroxyl groups excluding tert-OH is 1. The molecule has 28 heavy (non-hydrogen) atoms. The summed E-state index contributed by atoms with van der Waals surface area (Å²) in [6.07, 6.45) is -2.04. The predicted molar refractivity (Wildman–Crippen MR) is 96.2 cm³/mol. The molecule has 0 aliphatic rings. The monoisotopic (exact) mass is 390 g/mol. The van der Waals surface area contributed by atoms with Gasteiger partial charge in [0, 0.05) is 11.1 Å². The van der Waals surface area contributed by atoms with Gasteiger partial charge in [-0.3, -0.25) is 14.4 Å². The third kappa shape index (κ3) is 10.7. The van der Waals surface area contributed by atoms with Gasteiger partial charge in [0.05, 0.1) is 0 Å². The molecule has 0 spiro atoms. The molecule has 0 aliphatic carbocycles. The van der Waals surface area contributed by atoms with Gasteiger partial charge in [-0.05, 0) is 24.3 Å². The van der Waals surface area contributed by atoms with Crippen LogP contribution in [0.1, 0.15) is 20.7 Å². The van der Waals surface area contributed by atoms with E-state index in [4.69, 9.17) is 30.6 Å². The molecule has 10 nitrogen and oxygen atoms in total. The normalized spacial score (nSPS) is 9.89. The number of aliphatic carboxylic acids is 2. The fourth-order valence-electron chi connectivity index (χ4n) is 1.46. The molecule has 2 aromatic carbocycles. The fraction of sp³-hybridized carbons (Fsp3) is 0.0556. The molecule has 0 fully saturated rings. The Morgan fingerprint density at radius 2 is 1.25 bits per heavy atom. The SMILES string of the molecule is NC(=O)c1ccccc1.O=C(NC(O)C(=O)O)c1ccccc1.O=CC(=O)O. The number of amides is 2. The van der Waals surface area contributed by atoms with Crippen molar-refractivity contribution < 1.29 is 39.3 Å². The van der Waals surface area contributed by atoms with Crippen LogP contribution in [0.4, 0.5) is 0 Å². The van der Waals surface area contributed by atoms with Crippen molar-refractivity contribution in [1.29, 1.82) is 0 Å². The Morgan fingerprint density at radius 1 is 0.857 bits per heavy atom. The first-order valence-corrected chi connectivity index (χ1v) is 7.48. The number of rotatable bonds is 5. The van der Waals surface area contributed by atoms with Crippen molar-refractivity contribution in [2.75, 3.05) is 0 Å². The Balaban J connectivity index is 0.000000445. The van der Waals surface area contributed by atoms with Crippen LogP contribution < -0.4 is 11.1 Å². The summed E-state index contributed by atoms with van der Waals surface area (Å²) in [4.78, 5) is 49.8. The highest BCUT2D eigenvalue weighted by Gasteiger charge is 2.16. The highest BCUT2D eigenvalue weighted by Crippen LogP contribution is 1.98. The number of carbonyl (C=O) groups excluding carboxylic acids is 3. The van der Waals surface area contributed by atoms with Gasteiger partial charge in [0.2, 0.25) is 18.4 Å². The summed E-state index contributed by atoms with van der Waals surface area (Å²) >= 11 is 0. The maximum absolute atomic E-state index is 11.2. The fourth-order valence-corrected chi connectivity index (χ4v) is 1.46. The summed E-state index contributed by atoms with van der Waals surface area (Å²) in [6.45, 7) is 0. The van der Waals surface area contributed by atoms with E-state index in [2.05, 4.69) is 0 Å². The number of carboxylic acids is 2. The van der Waals surface area contributed by atoms with Gasteiger partial charge >= 0.3 is 11.9 Å². The van der Waals surface area contributed by atoms with Crippen molar-refractivity contribution in [2.24, 2.45) is 5.73 Å². The Bertz CT molecular complexity index is 794. The number of aliphatic hydroxyl groups is 1. The van der Waals surface area contributed by atoms with E-state index in [0.717, 1.165) is 0 Å². The van der Waals surface area contributed by atoms with Crippen molar-refractivity contribution in [1.82, 2.24) is 5.32 Å². The van der Waals surface area contributed by atoms with Crippen LogP contribution in [-0.4, -0.2) is 51.6 Å². The van der Waals surface area contributed by atoms with Crippen LogP contribution in [0.3, 0.4) is 0 Å². The number of nitrogens with two attached hydrogens (primary N) is 1. The predicted octanol–water partition coefficient (Wildman–Crippen LogP) is -0.125. The van der Waals surface area contributed by atoms with E-state index in [1.54, 1.807) is 42.5 Å². The van der Waals surface area contributed by atoms with E-state index >= 15 is 0 Å². The van der Waals surface area contributed by atoms with Crippen LogP contribution in [0.2, 0.25) is 0 Å². The van der Waals surface area contributed by atoms with E-state index in [-0.39, 0.29) is 12.2 Å². The minimum atomic E-state index is -1.87. The Hall–Kier alpha value is -4.05. The molecule has 0 saturated carbocycles. The van der Waals surface area contributed by atoms with Gasteiger partial charge in [0.1, 0.15) is 0 Å². The molecule has 0 bridgehead atoms. The quantitative estimate of drug-likeness (QED) is 0.265. The highest BCUT2D eigenvalue weighted by atomic mass is 16.4. The lowest BCUT2D eigenvalue weighted by Gasteiger charge is -2.07. The zero-order chi connectivity index (χ0) is 21.5. The lowest BCUT2D eigenvalue weighted by molar-refractivity contribution is -0.147. The van der Waals surface area contributed by atoms with Crippen molar-refractivity contribution in [2.45, 2.75) is 6.23 Å². The number of primary amides is 1. The average Bonchev–Trinajstić information content (AvgIpc) is 2.70. The van der Waals surface area contributed by atoms with Crippen LogP contribution in [0.25, 0.3) is 0 Å². The van der Waals surface area contributed by atoms with Crippen molar-refractivity contribution in [3.63, 3.8) is 0 Å². The average molecular weight is 390 g/mol. The minimum Gasteiger partial charge on any atom is -0.478 e. The van der Waals surface area contributed by atoms with Gasteiger partial charge in [0.15, 0.2) is 0 Å². The molecular formula is C18H18N2O8. The maximum atomic E-state index is 11.2. The number of hydrogen-bond acceptors (Lipinski definition) is 6. The summed E-state index contributed by atoms with van der Waals surface area (Å²) in [5, 5.41) is 26.4. The number of benzene rings is 2. The second kappa shape index (κ2) is 13.2. The summed E-state index contributed by atoms with van der Waals surface area (Å²) in [6, 6.07) is 16.8. The zero-order valence-electron chi connectivity index (χ0n) is 14.4. The summed E-state index contributed by atoms with van der Waals surface area (Å²) in [5.41, 5.74) is 5.83. The molecule has 6 N–H and O–H groups in total. The number of carboxylic acid groups (broad SMARTS) is 2. The highest BCUT2D eigenvalue weighted by molar-refractivity contribution is 6.19. The molecule has 0 radical (unpaired) electrons. The Labute approximate surface area is 159 Å². The lowest BCUT2D eigenvalue weighted by Crippen LogP contribution is -2.40. The van der Waals surface area contributed by atoms with Crippen LogP contribution in [-0.2, 0) is 14.4 Å². The zero-order valence-corrected chi connectivity index (χ0v) is 14.4. The molecule has 0 aromatic heterocycles. The first-order valence-electron chi connectivity index (χ1n) is 7.48. The molecular weight excluding hydrogens is 372 g/mol. The molecule has 2 aromatic rings. The molecule has 1 unspecified atom stereocenters. The smallest absolute Gasteiger partial charge is 0.368 e. The van der Waals surface area contributed by atoms with Crippen molar-refractivity contribution in [3.8, 4) is 0 Å². The maximum Gasteiger partial charge on any atom is 0.368 e. The first-order chi connectivity index (χ1) is 13.2. The van der Waals surface area contributed by atoms with Gasteiger partial charge in [-0.15, -0.1) is 0 Å². The van der Waals surface area contributed by atoms with Gasteiger partial charge in [-0.25, -0.2) is 9.59 Å². The Kier molecular flexibility index (Phi) is 11.3. The third-order valence-corrected chi connectivity index (χ3v) is 2.70. The van der Waals surface area contributed by atoms with E-state index in [9.17, 15) is 14.4 Å². The second-order valence-corrected chi connectivity index (χ2v) is 4.77. The van der Waals surface area contributed by atoms with Crippen LogP contribution in [0, 0.1) is 0 Å². The number of hydrogen-bond donors (Lipinski definition) is 5. The molecule has 10 heteroatoms. The van der Waals surface area contributed by atoms with E-state index in [1.807, 2.05) is 11.4 Å². The standard InChI is InChI=1S/C9H9NO4.C7H7NO.C2H2O3/c11-7(10-8(12)9(13)14)6-4-2-1-3-5-6;8-7(9)6-4-2-1-3-5-6;3-1-2(4)5/h1-5,8,12H,(H,10,11)(H,13,14);1-5H,(H2,8,9);1H,(H,4,5). The van der Waals surface area contributed by atoms with E-state index in [1.165, 1.54) is 12.1 Å². The summed E-state index contributed by atoms with van der Waals surface area (Å²) in [7, 11) is 0. The molecule has 1 atom stereocenters. The molecule has 0 heterocycles. The number of nitrogens with one attached hydrogen (secondary N) is 1. The summed E-state index contributed by atoms with van der Waals surface area (Å²) in [5.74, 6) is -3.92. The Morgan fingerprint density at radius 3 is 1.54 bits per heavy atom. The topological polar surface area (TPSA) is 184 Å². The minimum absolute atomic E-state index is 0.167. The van der Waals surface area contributed by atoms with Gasteiger partial charge in [-0.1, -0.05) is 36.4 Å². The van der Waals surface area contributed by atoms with Gasteiger partial charge in [-0.2, -0.15) is 0 Å². The van der Waals surface area contributed by atoms with Crippen molar-refractivity contribution >= 4 is 30.0 Å². The van der Waals surface area contributed by atoms with Gasteiger partial charge in [0.25, 0.3) is 5.91 Å². The van der Waals surface area contributed by atoms with E-state index in [0.29, 0.717) is 11.1 Å². The summed E-state index contributed by atoms with van der Waals surface area (Å²) < 4.78 is 0. The molecule has 2 rings (SSSR count). The number of aldehydes is 1. The molecule has 148 valence electrons.